The minimum Gasteiger partial charge on any atom is -0.298 e. The molecule has 0 aliphatic heterocycles. The molecule has 3 N–H and O–H groups in total. The van der Waals surface area contributed by atoms with Crippen molar-refractivity contribution in [1.82, 2.24) is 19.9 Å². The van der Waals surface area contributed by atoms with E-state index in [1.165, 1.54) is 6.20 Å². The number of pyridine rings is 1. The number of nitrogens with zero attached hydrogens (tertiary/aromatic N) is 4. The molecule has 0 radical (unpaired) electrons. The van der Waals surface area contributed by atoms with Gasteiger partial charge in [-0.05, 0) is 24.3 Å². The smallest absolute Gasteiger partial charge is 0.298 e. The van der Waals surface area contributed by atoms with E-state index in [0.717, 1.165) is 5.69 Å². The lowest BCUT2D eigenvalue weighted by Crippen LogP contribution is -2.20. The van der Waals surface area contributed by atoms with Crippen LogP contribution in [-0.4, -0.2) is 19.9 Å². The first kappa shape index (κ1) is 14.2. The standard InChI is InChI=1S/C15H11N7O/c16-9-10-5-4-8-17-12(10)13-18-14(20-15(23)19-13)22-21-11-6-2-1-3-7-11/h1-8,21H,(H2,18,19,20,22,23). The fraction of sp³-hybridized carbons (Fsp3) is 0. The van der Waals surface area contributed by atoms with Gasteiger partial charge in [0.2, 0.25) is 5.95 Å². The number of hydrazine groups is 1. The molecule has 1 aromatic carbocycles. The molecule has 8 heteroatoms. The molecule has 0 amide bonds. The van der Waals surface area contributed by atoms with Crippen LogP contribution in [0.25, 0.3) is 11.5 Å². The topological polar surface area (TPSA) is 119 Å². The predicted octanol–water partition coefficient (Wildman–Crippen LogP) is 1.54. The second-order valence-electron chi connectivity index (χ2n) is 4.45. The van der Waals surface area contributed by atoms with Crippen LogP contribution in [0.15, 0.2) is 53.5 Å². The van der Waals surface area contributed by atoms with Gasteiger partial charge >= 0.3 is 5.69 Å². The summed E-state index contributed by atoms with van der Waals surface area (Å²) in [5.74, 6) is 0.238. The number of hydrogen-bond acceptors (Lipinski definition) is 7. The van der Waals surface area contributed by atoms with Crippen molar-refractivity contribution in [1.29, 1.82) is 5.26 Å². The number of para-hydroxylation sites is 1. The molecule has 3 rings (SSSR count). The van der Waals surface area contributed by atoms with Crippen LogP contribution in [0.1, 0.15) is 5.56 Å². The van der Waals surface area contributed by atoms with Gasteiger partial charge in [0.15, 0.2) is 5.82 Å². The Morgan fingerprint density at radius 1 is 1.04 bits per heavy atom. The maximum atomic E-state index is 11.7. The van der Waals surface area contributed by atoms with E-state index in [0.29, 0.717) is 5.56 Å². The third kappa shape index (κ3) is 3.30. The van der Waals surface area contributed by atoms with Gasteiger partial charge in [-0.3, -0.25) is 20.8 Å². The van der Waals surface area contributed by atoms with Crippen LogP contribution in [0, 0.1) is 11.3 Å². The highest BCUT2D eigenvalue weighted by Gasteiger charge is 2.10. The number of H-pyrrole nitrogens is 1. The molecule has 0 fully saturated rings. The Hall–Kier alpha value is -3.73. The molecular formula is C15H11N7O. The molecule has 2 heterocycles. The van der Waals surface area contributed by atoms with Crippen molar-refractivity contribution < 1.29 is 0 Å². The Balaban J connectivity index is 1.91. The average Bonchev–Trinajstić information content (AvgIpc) is 2.60. The summed E-state index contributed by atoms with van der Waals surface area (Å²) in [4.78, 5) is 26.2. The first-order valence-electron chi connectivity index (χ1n) is 6.67. The molecule has 0 bridgehead atoms. The van der Waals surface area contributed by atoms with Crippen molar-refractivity contribution in [3.8, 4) is 17.6 Å². The minimum atomic E-state index is -0.595. The number of hydrogen-bond donors (Lipinski definition) is 3. The Bertz CT molecular complexity index is 915. The number of aromatic nitrogens is 4. The molecule has 0 aliphatic rings. The van der Waals surface area contributed by atoms with E-state index in [1.54, 1.807) is 12.1 Å². The number of anilines is 2. The van der Waals surface area contributed by atoms with Gasteiger partial charge in [0.25, 0.3) is 0 Å². The van der Waals surface area contributed by atoms with Gasteiger partial charge in [-0.2, -0.15) is 15.2 Å². The van der Waals surface area contributed by atoms with Crippen molar-refractivity contribution in [2.24, 2.45) is 0 Å². The number of benzene rings is 1. The zero-order valence-electron chi connectivity index (χ0n) is 11.8. The fourth-order valence-electron chi connectivity index (χ4n) is 1.89. The second-order valence-corrected chi connectivity index (χ2v) is 4.45. The lowest BCUT2D eigenvalue weighted by atomic mass is 10.2. The number of nitrogens with one attached hydrogen (secondary N) is 3. The van der Waals surface area contributed by atoms with Crippen molar-refractivity contribution >= 4 is 11.6 Å². The Kier molecular flexibility index (Phi) is 3.93. The number of aromatic amines is 1. The Morgan fingerprint density at radius 2 is 1.87 bits per heavy atom. The molecule has 2 aromatic heterocycles. The third-order valence-corrected chi connectivity index (χ3v) is 2.90. The van der Waals surface area contributed by atoms with Crippen LogP contribution in [0.2, 0.25) is 0 Å². The average molecular weight is 305 g/mol. The van der Waals surface area contributed by atoms with E-state index >= 15 is 0 Å². The molecule has 0 saturated carbocycles. The Morgan fingerprint density at radius 3 is 2.65 bits per heavy atom. The van der Waals surface area contributed by atoms with Crippen LogP contribution >= 0.6 is 0 Å². The Labute approximate surface area is 130 Å². The monoisotopic (exact) mass is 305 g/mol. The number of rotatable bonds is 4. The van der Waals surface area contributed by atoms with Gasteiger partial charge in [-0.15, -0.1) is 0 Å². The maximum absolute atomic E-state index is 11.7. The summed E-state index contributed by atoms with van der Waals surface area (Å²) in [7, 11) is 0. The summed E-state index contributed by atoms with van der Waals surface area (Å²) < 4.78 is 0. The molecule has 0 aliphatic carbocycles. The highest BCUT2D eigenvalue weighted by molar-refractivity contribution is 5.60. The fourth-order valence-corrected chi connectivity index (χ4v) is 1.89. The summed E-state index contributed by atoms with van der Waals surface area (Å²) in [6.07, 6.45) is 1.52. The van der Waals surface area contributed by atoms with Crippen molar-refractivity contribution in [3.05, 3.63) is 64.7 Å². The highest BCUT2D eigenvalue weighted by atomic mass is 16.1. The van der Waals surface area contributed by atoms with Gasteiger partial charge in [0.05, 0.1) is 11.3 Å². The van der Waals surface area contributed by atoms with Crippen molar-refractivity contribution in [3.63, 3.8) is 0 Å². The lowest BCUT2D eigenvalue weighted by molar-refractivity contribution is 0.984. The van der Waals surface area contributed by atoms with E-state index in [1.807, 2.05) is 36.4 Å². The molecule has 0 spiro atoms. The molecule has 3 aromatic rings. The lowest BCUT2D eigenvalue weighted by Gasteiger charge is -2.08. The molecule has 112 valence electrons. The molecule has 0 saturated heterocycles. The predicted molar refractivity (Wildman–Crippen MR) is 84.3 cm³/mol. The van der Waals surface area contributed by atoms with Gasteiger partial charge in [0, 0.05) is 6.20 Å². The van der Waals surface area contributed by atoms with E-state index in [9.17, 15) is 4.79 Å². The quantitative estimate of drug-likeness (QED) is 0.625. The summed E-state index contributed by atoms with van der Waals surface area (Å²) in [6.45, 7) is 0. The molecular weight excluding hydrogens is 294 g/mol. The van der Waals surface area contributed by atoms with Gasteiger partial charge in [0.1, 0.15) is 11.8 Å². The van der Waals surface area contributed by atoms with Crippen molar-refractivity contribution in [2.45, 2.75) is 0 Å². The summed E-state index contributed by atoms with van der Waals surface area (Å²) in [6, 6.07) is 14.5. The van der Waals surface area contributed by atoms with Crippen LogP contribution in [0.5, 0.6) is 0 Å². The number of nitriles is 1. The molecule has 0 atom stereocenters. The highest BCUT2D eigenvalue weighted by Crippen LogP contribution is 2.15. The second kappa shape index (κ2) is 6.36. The van der Waals surface area contributed by atoms with Gasteiger partial charge < -0.3 is 0 Å². The van der Waals surface area contributed by atoms with E-state index < -0.39 is 5.69 Å². The summed E-state index contributed by atoms with van der Waals surface area (Å²) in [5.41, 5.74) is 6.42. The normalized spacial score (nSPS) is 9.87. The van der Waals surface area contributed by atoms with E-state index in [4.69, 9.17) is 5.26 Å². The zero-order valence-corrected chi connectivity index (χ0v) is 11.8. The largest absolute Gasteiger partial charge is 0.349 e. The van der Waals surface area contributed by atoms with E-state index in [-0.39, 0.29) is 17.5 Å². The van der Waals surface area contributed by atoms with Gasteiger partial charge in [-0.1, -0.05) is 18.2 Å². The molecule has 8 nitrogen and oxygen atoms in total. The van der Waals surface area contributed by atoms with Crippen LogP contribution in [0.4, 0.5) is 11.6 Å². The zero-order chi connectivity index (χ0) is 16.1. The first-order chi connectivity index (χ1) is 11.3. The summed E-state index contributed by atoms with van der Waals surface area (Å²) >= 11 is 0. The van der Waals surface area contributed by atoms with Gasteiger partial charge in [-0.25, -0.2) is 4.79 Å². The maximum Gasteiger partial charge on any atom is 0.349 e. The summed E-state index contributed by atoms with van der Waals surface area (Å²) in [5, 5.41) is 9.12. The molecule has 23 heavy (non-hydrogen) atoms. The third-order valence-electron chi connectivity index (χ3n) is 2.90. The van der Waals surface area contributed by atoms with Crippen LogP contribution < -0.4 is 16.5 Å². The van der Waals surface area contributed by atoms with Crippen LogP contribution in [-0.2, 0) is 0 Å². The van der Waals surface area contributed by atoms with Crippen molar-refractivity contribution in [2.75, 3.05) is 10.9 Å². The minimum absolute atomic E-state index is 0.0714. The van der Waals surface area contributed by atoms with Crippen LogP contribution in [0.3, 0.4) is 0 Å². The van der Waals surface area contributed by atoms with E-state index in [2.05, 4.69) is 30.8 Å². The SMILES string of the molecule is N#Cc1cccnc1-c1nc(NNc2ccccc2)nc(=O)[nH]1. The first-order valence-corrected chi connectivity index (χ1v) is 6.67. The molecule has 0 unspecified atom stereocenters.